The highest BCUT2D eigenvalue weighted by atomic mass is 16.5. The summed E-state index contributed by atoms with van der Waals surface area (Å²) in [5, 5.41) is 12.1. The summed E-state index contributed by atoms with van der Waals surface area (Å²) in [7, 11) is 0. The van der Waals surface area contributed by atoms with Gasteiger partial charge >= 0.3 is 0 Å². The number of aldehydes is 1. The van der Waals surface area contributed by atoms with Crippen LogP contribution in [0.15, 0.2) is 48.5 Å². The summed E-state index contributed by atoms with van der Waals surface area (Å²) < 4.78 is 5.61. The van der Waals surface area contributed by atoms with Crippen molar-refractivity contribution in [1.29, 1.82) is 0 Å². The molecule has 1 heterocycles. The number of hydrogen-bond acceptors (Lipinski definition) is 5. The number of pyridine rings is 1. The summed E-state index contributed by atoms with van der Waals surface area (Å²) in [4.78, 5) is 15.2. The highest BCUT2D eigenvalue weighted by Gasteiger charge is 2.22. The summed E-state index contributed by atoms with van der Waals surface area (Å²) in [6.07, 6.45) is 0.659. The molecule has 2 N–H and O–H groups in total. The molecule has 2 rings (SSSR count). The number of ether oxygens (including phenoxy) is 1. The van der Waals surface area contributed by atoms with Crippen LogP contribution in [0.25, 0.3) is 0 Å². The Morgan fingerprint density at radius 2 is 2.00 bits per heavy atom. The van der Waals surface area contributed by atoms with Crippen LogP contribution in [0.2, 0.25) is 0 Å². The van der Waals surface area contributed by atoms with Gasteiger partial charge in [-0.15, -0.1) is 0 Å². The standard InChI is InChI=1S/C16H18N2O3/c1-16(11-19,12-20)18-14-8-5-9-15(17-14)21-10-13-6-3-2-4-7-13/h2-9,11,20H,10,12H2,1H3,(H,17,18). The van der Waals surface area contributed by atoms with E-state index in [0.29, 0.717) is 24.6 Å². The zero-order valence-corrected chi connectivity index (χ0v) is 11.8. The van der Waals surface area contributed by atoms with Crippen molar-refractivity contribution in [2.75, 3.05) is 11.9 Å². The van der Waals surface area contributed by atoms with Crippen molar-refractivity contribution in [3.8, 4) is 5.88 Å². The zero-order valence-electron chi connectivity index (χ0n) is 11.8. The van der Waals surface area contributed by atoms with Crippen molar-refractivity contribution in [3.63, 3.8) is 0 Å². The number of nitrogens with one attached hydrogen (secondary N) is 1. The second kappa shape index (κ2) is 6.85. The maximum atomic E-state index is 11.0. The number of aromatic nitrogens is 1. The van der Waals surface area contributed by atoms with Gasteiger partial charge in [-0.05, 0) is 18.6 Å². The van der Waals surface area contributed by atoms with E-state index >= 15 is 0 Å². The van der Waals surface area contributed by atoms with Gasteiger partial charge in [0.05, 0.1) is 6.61 Å². The summed E-state index contributed by atoms with van der Waals surface area (Å²) >= 11 is 0. The first-order valence-electron chi connectivity index (χ1n) is 6.64. The fourth-order valence-corrected chi connectivity index (χ4v) is 1.70. The minimum atomic E-state index is -1.05. The molecule has 0 fully saturated rings. The average Bonchev–Trinajstić information content (AvgIpc) is 2.54. The van der Waals surface area contributed by atoms with Crippen LogP contribution < -0.4 is 10.1 Å². The van der Waals surface area contributed by atoms with E-state index in [9.17, 15) is 9.90 Å². The van der Waals surface area contributed by atoms with Gasteiger partial charge in [-0.2, -0.15) is 4.98 Å². The van der Waals surface area contributed by atoms with Gasteiger partial charge in [-0.3, -0.25) is 0 Å². The third-order valence-electron chi connectivity index (χ3n) is 2.96. The maximum Gasteiger partial charge on any atom is 0.215 e. The van der Waals surface area contributed by atoms with Crippen molar-refractivity contribution in [3.05, 3.63) is 54.1 Å². The number of benzene rings is 1. The monoisotopic (exact) mass is 286 g/mol. The van der Waals surface area contributed by atoms with Crippen LogP contribution >= 0.6 is 0 Å². The Morgan fingerprint density at radius 1 is 1.24 bits per heavy atom. The molecule has 1 unspecified atom stereocenters. The van der Waals surface area contributed by atoms with E-state index in [1.165, 1.54) is 0 Å². The Morgan fingerprint density at radius 3 is 2.67 bits per heavy atom. The number of carbonyl (C=O) groups excluding carboxylic acids is 1. The second-order valence-electron chi connectivity index (χ2n) is 4.95. The van der Waals surface area contributed by atoms with Crippen molar-refractivity contribution >= 4 is 12.1 Å². The third-order valence-corrected chi connectivity index (χ3v) is 2.96. The molecule has 0 aliphatic rings. The van der Waals surface area contributed by atoms with Crippen LogP contribution in [-0.2, 0) is 11.4 Å². The topological polar surface area (TPSA) is 71.5 Å². The number of anilines is 1. The highest BCUT2D eigenvalue weighted by Crippen LogP contribution is 2.16. The van der Waals surface area contributed by atoms with Gasteiger partial charge in [0, 0.05) is 6.07 Å². The Bertz CT molecular complexity index is 589. The lowest BCUT2D eigenvalue weighted by molar-refractivity contribution is -0.112. The number of rotatable bonds is 7. The predicted octanol–water partition coefficient (Wildman–Crippen LogP) is 2.02. The van der Waals surface area contributed by atoms with Crippen LogP contribution in [0.5, 0.6) is 5.88 Å². The van der Waals surface area contributed by atoms with Gasteiger partial charge in [0.25, 0.3) is 0 Å². The fourth-order valence-electron chi connectivity index (χ4n) is 1.70. The molecule has 0 spiro atoms. The number of aliphatic hydroxyl groups excluding tert-OH is 1. The first-order chi connectivity index (χ1) is 10.1. The SMILES string of the molecule is CC(C=O)(CO)Nc1cccc(OCc2ccccc2)n1. The predicted molar refractivity (Wildman–Crippen MR) is 80.2 cm³/mol. The lowest BCUT2D eigenvalue weighted by atomic mass is 10.1. The van der Waals surface area contributed by atoms with E-state index < -0.39 is 5.54 Å². The van der Waals surface area contributed by atoms with E-state index in [1.54, 1.807) is 25.1 Å². The van der Waals surface area contributed by atoms with Gasteiger partial charge in [0.2, 0.25) is 5.88 Å². The van der Waals surface area contributed by atoms with E-state index in [2.05, 4.69) is 10.3 Å². The molecule has 0 aliphatic heterocycles. The van der Waals surface area contributed by atoms with E-state index in [-0.39, 0.29) is 6.61 Å². The highest BCUT2D eigenvalue weighted by molar-refractivity contribution is 5.69. The maximum absolute atomic E-state index is 11.0. The fraction of sp³-hybridized carbons (Fsp3) is 0.250. The minimum Gasteiger partial charge on any atom is -0.473 e. The average molecular weight is 286 g/mol. The van der Waals surface area contributed by atoms with Gasteiger partial charge in [-0.1, -0.05) is 36.4 Å². The molecule has 21 heavy (non-hydrogen) atoms. The van der Waals surface area contributed by atoms with Crippen LogP contribution in [0.3, 0.4) is 0 Å². The molecule has 0 radical (unpaired) electrons. The second-order valence-corrected chi connectivity index (χ2v) is 4.95. The summed E-state index contributed by atoms with van der Waals surface area (Å²) in [5.74, 6) is 0.930. The number of aliphatic hydroxyl groups is 1. The van der Waals surface area contributed by atoms with Crippen LogP contribution in [0.1, 0.15) is 12.5 Å². The minimum absolute atomic E-state index is 0.312. The van der Waals surface area contributed by atoms with E-state index in [0.717, 1.165) is 5.56 Å². The first-order valence-corrected chi connectivity index (χ1v) is 6.64. The molecule has 0 saturated carbocycles. The largest absolute Gasteiger partial charge is 0.473 e. The van der Waals surface area contributed by atoms with Gasteiger partial charge in [0.15, 0.2) is 0 Å². The molecular formula is C16H18N2O3. The van der Waals surface area contributed by atoms with Crippen molar-refractivity contribution in [2.45, 2.75) is 19.1 Å². The molecular weight excluding hydrogens is 268 g/mol. The van der Waals surface area contributed by atoms with Crippen molar-refractivity contribution < 1.29 is 14.6 Å². The molecule has 0 aliphatic carbocycles. The Labute approximate surface area is 123 Å². The number of nitrogens with zero attached hydrogens (tertiary/aromatic N) is 1. The molecule has 0 saturated heterocycles. The van der Waals surface area contributed by atoms with Crippen LogP contribution in [0.4, 0.5) is 5.82 Å². The Kier molecular flexibility index (Phi) is 4.90. The first kappa shape index (κ1) is 15.0. The number of carbonyl (C=O) groups is 1. The smallest absolute Gasteiger partial charge is 0.215 e. The van der Waals surface area contributed by atoms with E-state index in [4.69, 9.17) is 4.74 Å². The molecule has 0 bridgehead atoms. The summed E-state index contributed by atoms with van der Waals surface area (Å²) in [6.45, 7) is 1.70. The normalized spacial score (nSPS) is 13.2. The van der Waals surface area contributed by atoms with Crippen LogP contribution in [0, 0.1) is 0 Å². The molecule has 0 amide bonds. The lowest BCUT2D eigenvalue weighted by Crippen LogP contribution is -2.40. The van der Waals surface area contributed by atoms with Crippen molar-refractivity contribution in [1.82, 2.24) is 4.98 Å². The van der Waals surface area contributed by atoms with Gasteiger partial charge in [0.1, 0.15) is 24.2 Å². The molecule has 110 valence electrons. The van der Waals surface area contributed by atoms with E-state index in [1.807, 2.05) is 30.3 Å². The quantitative estimate of drug-likeness (QED) is 0.762. The van der Waals surface area contributed by atoms with Crippen LogP contribution in [-0.4, -0.2) is 28.5 Å². The van der Waals surface area contributed by atoms with Gasteiger partial charge in [-0.25, -0.2) is 0 Å². The Balaban J connectivity index is 2.02. The molecule has 2 aromatic rings. The Hall–Kier alpha value is -2.40. The molecule has 1 atom stereocenters. The molecule has 1 aromatic carbocycles. The zero-order chi connectivity index (χ0) is 15.1. The third kappa shape index (κ3) is 4.29. The molecule has 5 heteroatoms. The lowest BCUT2D eigenvalue weighted by Gasteiger charge is -2.22. The molecule has 1 aromatic heterocycles. The number of hydrogen-bond donors (Lipinski definition) is 2. The summed E-state index contributed by atoms with van der Waals surface area (Å²) in [6, 6.07) is 15.0. The molecule has 5 nitrogen and oxygen atoms in total. The summed E-state index contributed by atoms with van der Waals surface area (Å²) in [5.41, 5.74) is -0.00355. The van der Waals surface area contributed by atoms with Gasteiger partial charge < -0.3 is 20.0 Å². The van der Waals surface area contributed by atoms with Crippen molar-refractivity contribution in [2.24, 2.45) is 0 Å².